The number of H-pyrrole nitrogens is 2. The van der Waals surface area contributed by atoms with E-state index in [1.807, 2.05) is 31.0 Å². The molecule has 3 aromatic rings. The molecule has 2 aromatic heterocycles. The number of hydrogen-bond acceptors (Lipinski definition) is 5. The Balaban J connectivity index is 1.45. The van der Waals surface area contributed by atoms with Gasteiger partial charge in [-0.05, 0) is 31.0 Å². The van der Waals surface area contributed by atoms with Crippen LogP contribution in [0.15, 0.2) is 27.9 Å². The minimum Gasteiger partial charge on any atom is -0.389 e. The summed E-state index contributed by atoms with van der Waals surface area (Å²) in [7, 11) is 0. The van der Waals surface area contributed by atoms with Crippen LogP contribution in [-0.4, -0.2) is 54.6 Å². The number of rotatable bonds is 4. The van der Waals surface area contributed by atoms with Crippen molar-refractivity contribution in [3.05, 3.63) is 61.9 Å². The molecule has 1 aliphatic rings. The van der Waals surface area contributed by atoms with E-state index in [2.05, 4.69) is 9.97 Å². The number of fused-ring (bicyclic) bond motifs is 1. The summed E-state index contributed by atoms with van der Waals surface area (Å²) in [5.41, 5.74) is 2.03. The Kier molecular flexibility index (Phi) is 5.02. The number of amides is 1. The first-order chi connectivity index (χ1) is 14.2. The fraction of sp³-hybridized carbons (Fsp3) is 0.400. The Labute approximate surface area is 170 Å². The molecule has 4 rings (SSSR count). The van der Waals surface area contributed by atoms with Crippen molar-refractivity contribution in [1.82, 2.24) is 24.4 Å². The smallest absolute Gasteiger partial charge is 0.328 e. The summed E-state index contributed by atoms with van der Waals surface area (Å²) in [6.07, 6.45) is 0.290. The van der Waals surface area contributed by atoms with Crippen molar-refractivity contribution < 1.29 is 14.3 Å². The molecular weight excluding hydrogens is 393 g/mol. The zero-order valence-corrected chi connectivity index (χ0v) is 16.6. The van der Waals surface area contributed by atoms with Gasteiger partial charge < -0.3 is 15.0 Å². The molecule has 158 valence electrons. The first-order valence-corrected chi connectivity index (χ1v) is 9.65. The third-order valence-corrected chi connectivity index (χ3v) is 5.44. The van der Waals surface area contributed by atoms with Gasteiger partial charge in [-0.2, -0.15) is 4.39 Å². The average molecular weight is 415 g/mol. The van der Waals surface area contributed by atoms with Crippen LogP contribution in [0.3, 0.4) is 0 Å². The van der Waals surface area contributed by atoms with Crippen molar-refractivity contribution in [3.63, 3.8) is 0 Å². The molecule has 1 aromatic carbocycles. The first kappa shape index (κ1) is 20.0. The Hall–Kier alpha value is -3.27. The van der Waals surface area contributed by atoms with E-state index in [-0.39, 0.29) is 25.4 Å². The fourth-order valence-corrected chi connectivity index (χ4v) is 3.98. The number of carbonyl (C=O) groups excluding carboxylic acids is 1. The number of carbonyl (C=O) groups is 1. The molecular formula is C20H22FN5O4. The molecule has 3 N–H and O–H groups in total. The molecule has 0 bridgehead atoms. The lowest BCUT2D eigenvalue weighted by Gasteiger charge is -2.17. The van der Waals surface area contributed by atoms with Gasteiger partial charge in [-0.25, -0.2) is 9.78 Å². The van der Waals surface area contributed by atoms with Crippen molar-refractivity contribution in [2.45, 2.75) is 38.8 Å². The lowest BCUT2D eigenvalue weighted by atomic mass is 10.1. The van der Waals surface area contributed by atoms with Crippen LogP contribution in [0.2, 0.25) is 0 Å². The summed E-state index contributed by atoms with van der Waals surface area (Å²) in [5.74, 6) is -0.632. The van der Waals surface area contributed by atoms with E-state index >= 15 is 0 Å². The van der Waals surface area contributed by atoms with E-state index in [0.29, 0.717) is 12.2 Å². The second-order valence-electron chi connectivity index (χ2n) is 7.74. The Bertz CT molecular complexity index is 1240. The van der Waals surface area contributed by atoms with Crippen LogP contribution in [0.1, 0.15) is 29.4 Å². The number of benzene rings is 1. The third kappa shape index (κ3) is 3.65. The molecule has 0 spiro atoms. The largest absolute Gasteiger partial charge is 0.389 e. The van der Waals surface area contributed by atoms with Gasteiger partial charge in [0.25, 0.3) is 5.56 Å². The van der Waals surface area contributed by atoms with Gasteiger partial charge in [0.2, 0.25) is 11.7 Å². The van der Waals surface area contributed by atoms with Crippen LogP contribution < -0.4 is 11.2 Å². The lowest BCUT2D eigenvalue weighted by molar-refractivity contribution is -0.130. The molecule has 1 fully saturated rings. The molecule has 10 heteroatoms. The number of aromatic nitrogens is 4. The minimum atomic E-state index is -1.12. The maximum atomic E-state index is 13.6. The highest BCUT2D eigenvalue weighted by Gasteiger charge is 2.36. The summed E-state index contributed by atoms with van der Waals surface area (Å²) in [6.45, 7) is 4.06. The van der Waals surface area contributed by atoms with Gasteiger partial charge in [0, 0.05) is 25.9 Å². The van der Waals surface area contributed by atoms with Gasteiger partial charge in [0.1, 0.15) is 5.82 Å². The van der Waals surface area contributed by atoms with Gasteiger partial charge in [0.15, 0.2) is 0 Å². The number of hydrogen-bond donors (Lipinski definition) is 3. The Morgan fingerprint density at radius 2 is 2.03 bits per heavy atom. The van der Waals surface area contributed by atoms with Gasteiger partial charge in [-0.1, -0.05) is 6.07 Å². The van der Waals surface area contributed by atoms with Crippen LogP contribution in [0.5, 0.6) is 0 Å². The highest BCUT2D eigenvalue weighted by molar-refractivity contribution is 5.80. The van der Waals surface area contributed by atoms with Crippen LogP contribution in [0.25, 0.3) is 11.0 Å². The van der Waals surface area contributed by atoms with Gasteiger partial charge >= 0.3 is 5.69 Å². The van der Waals surface area contributed by atoms with E-state index in [0.717, 1.165) is 32.9 Å². The topological polar surface area (TPSA) is 124 Å². The number of aryl methyl sites for hydroxylation is 3. The summed E-state index contributed by atoms with van der Waals surface area (Å²) in [6, 6.07) is 3.22. The van der Waals surface area contributed by atoms with Crippen LogP contribution in [0.4, 0.5) is 4.39 Å². The maximum Gasteiger partial charge on any atom is 0.328 e. The van der Waals surface area contributed by atoms with Gasteiger partial charge in [0.05, 0.1) is 29.4 Å². The van der Waals surface area contributed by atoms with Gasteiger partial charge in [-0.15, -0.1) is 0 Å². The van der Waals surface area contributed by atoms with Crippen LogP contribution >= 0.6 is 0 Å². The number of likely N-dealkylation sites (tertiary alicyclic amines) is 1. The number of nitrogens with zero attached hydrogens (tertiary/aromatic N) is 3. The summed E-state index contributed by atoms with van der Waals surface area (Å²) in [5, 5.41) is 10.3. The molecule has 9 nitrogen and oxygen atoms in total. The molecule has 1 aliphatic heterocycles. The second kappa shape index (κ2) is 7.52. The van der Waals surface area contributed by atoms with Crippen molar-refractivity contribution in [2.75, 3.05) is 13.1 Å². The zero-order chi connectivity index (χ0) is 21.6. The maximum absolute atomic E-state index is 13.6. The molecule has 3 heterocycles. The highest BCUT2D eigenvalue weighted by Crippen LogP contribution is 2.23. The molecule has 0 radical (unpaired) electrons. The number of β-amino-alcohol motifs (C(OH)–C–C–N with tert-alkyl or cyclic N) is 1. The van der Waals surface area contributed by atoms with Crippen LogP contribution in [0, 0.1) is 19.7 Å². The van der Waals surface area contributed by atoms with E-state index < -0.39 is 29.2 Å². The Morgan fingerprint density at radius 1 is 1.27 bits per heavy atom. The number of nitrogens with one attached hydrogen (secondary N) is 2. The lowest BCUT2D eigenvalue weighted by Crippen LogP contribution is -2.37. The number of aliphatic hydroxyl groups is 1. The van der Waals surface area contributed by atoms with Crippen LogP contribution in [-0.2, 0) is 11.2 Å². The number of imidazole rings is 1. The summed E-state index contributed by atoms with van der Waals surface area (Å²) in [4.78, 5) is 46.9. The van der Waals surface area contributed by atoms with E-state index in [4.69, 9.17) is 0 Å². The molecule has 1 amide bonds. The minimum absolute atomic E-state index is 0.0229. The molecule has 0 saturated carbocycles. The second-order valence-corrected chi connectivity index (χ2v) is 7.74. The predicted octanol–water partition coefficient (Wildman–Crippen LogP) is 0.546. The van der Waals surface area contributed by atoms with Gasteiger partial charge in [-0.3, -0.25) is 19.1 Å². The van der Waals surface area contributed by atoms with E-state index in [1.54, 1.807) is 0 Å². The average Bonchev–Trinajstić information content (AvgIpc) is 3.26. The van der Waals surface area contributed by atoms with E-state index in [9.17, 15) is 23.9 Å². The molecule has 0 unspecified atom stereocenters. The summed E-state index contributed by atoms with van der Waals surface area (Å²) < 4.78 is 14.5. The SMILES string of the molecule is Cc1cc(C)c2nc(CCC(=O)N3C[C@@H](O)[C@H](n4cc(F)c(=O)[nH]c4=O)C3)[nH]c2c1. The third-order valence-electron chi connectivity index (χ3n) is 5.44. The molecule has 2 atom stereocenters. The predicted molar refractivity (Wildman–Crippen MR) is 107 cm³/mol. The highest BCUT2D eigenvalue weighted by atomic mass is 19.1. The quantitative estimate of drug-likeness (QED) is 0.574. The number of halogens is 1. The van der Waals surface area contributed by atoms with Crippen molar-refractivity contribution >= 4 is 16.9 Å². The molecule has 30 heavy (non-hydrogen) atoms. The van der Waals surface area contributed by atoms with Crippen molar-refractivity contribution in [2.24, 2.45) is 0 Å². The first-order valence-electron chi connectivity index (χ1n) is 9.65. The van der Waals surface area contributed by atoms with Crippen molar-refractivity contribution in [1.29, 1.82) is 0 Å². The normalized spacial score (nSPS) is 19.0. The van der Waals surface area contributed by atoms with Crippen molar-refractivity contribution in [3.8, 4) is 0 Å². The molecule has 1 saturated heterocycles. The molecule has 0 aliphatic carbocycles. The fourth-order valence-electron chi connectivity index (χ4n) is 3.98. The Morgan fingerprint density at radius 3 is 2.80 bits per heavy atom. The zero-order valence-electron chi connectivity index (χ0n) is 16.6. The van der Waals surface area contributed by atoms with E-state index in [1.165, 1.54) is 4.90 Å². The standard InChI is InChI=1S/C20H22FN5O4/c1-10-5-11(2)18-13(6-10)22-16(23-18)3-4-17(28)25-8-14(15(27)9-25)26-7-12(21)19(29)24-20(26)30/h5-7,14-15,27H,3-4,8-9H2,1-2H3,(H,22,23)(H,24,29,30)/t14-,15-/m1/s1. The number of aromatic amines is 2. The number of aliphatic hydroxyl groups excluding tert-OH is 1. The summed E-state index contributed by atoms with van der Waals surface area (Å²) >= 11 is 0. The monoisotopic (exact) mass is 415 g/mol.